The van der Waals surface area contributed by atoms with Crippen LogP contribution in [-0.2, 0) is 4.74 Å². The van der Waals surface area contributed by atoms with Gasteiger partial charge < -0.3 is 15.8 Å². The molecule has 0 aromatic heterocycles. The predicted octanol–water partition coefficient (Wildman–Crippen LogP) is 2.81. The van der Waals surface area contributed by atoms with Crippen LogP contribution in [0.5, 0.6) is 0 Å². The summed E-state index contributed by atoms with van der Waals surface area (Å²) in [5, 5.41) is 2.98. The number of rotatable bonds is 5. The van der Waals surface area contributed by atoms with Crippen LogP contribution in [0, 0.1) is 6.92 Å². The molecule has 5 heteroatoms. The molecule has 0 bridgehead atoms. The Morgan fingerprint density at radius 2 is 1.73 bits per heavy atom. The van der Waals surface area contributed by atoms with E-state index in [-0.39, 0.29) is 24.0 Å². The Balaban J connectivity index is 1.53. The lowest BCUT2D eigenvalue weighted by Gasteiger charge is -2.10. The van der Waals surface area contributed by atoms with E-state index >= 15 is 0 Å². The number of benzene rings is 2. The molecule has 4 rings (SSSR count). The van der Waals surface area contributed by atoms with Crippen LogP contribution in [0.4, 0.5) is 0 Å². The Kier molecular flexibility index (Phi) is 4.24. The highest BCUT2D eigenvalue weighted by molar-refractivity contribution is 5.95. The van der Waals surface area contributed by atoms with Crippen molar-refractivity contribution in [3.8, 4) is 11.1 Å². The molecule has 134 valence electrons. The molecule has 2 aromatic rings. The van der Waals surface area contributed by atoms with E-state index in [9.17, 15) is 9.59 Å². The SMILES string of the molecule is Cc1ccc(C(=O)OC2CC2N)cc1-c1ccc(C(=O)NC2CC2)cc1. The zero-order valence-electron chi connectivity index (χ0n) is 14.7. The van der Waals surface area contributed by atoms with E-state index in [1.807, 2.05) is 43.3 Å². The molecule has 0 aliphatic heterocycles. The van der Waals surface area contributed by atoms with Gasteiger partial charge in [-0.2, -0.15) is 0 Å². The third kappa shape index (κ3) is 3.63. The molecule has 0 radical (unpaired) electrons. The average Bonchev–Trinajstić information content (AvgIpc) is 3.56. The third-order valence-corrected chi connectivity index (χ3v) is 4.88. The summed E-state index contributed by atoms with van der Waals surface area (Å²) in [6.45, 7) is 2.00. The van der Waals surface area contributed by atoms with Gasteiger partial charge in [-0.1, -0.05) is 18.2 Å². The first-order valence-corrected chi connectivity index (χ1v) is 9.00. The quantitative estimate of drug-likeness (QED) is 0.813. The molecule has 2 saturated carbocycles. The van der Waals surface area contributed by atoms with Gasteiger partial charge in [0, 0.05) is 24.1 Å². The lowest BCUT2D eigenvalue weighted by Crippen LogP contribution is -2.25. The molecule has 5 nitrogen and oxygen atoms in total. The van der Waals surface area contributed by atoms with Crippen molar-refractivity contribution in [2.75, 3.05) is 0 Å². The van der Waals surface area contributed by atoms with Crippen LogP contribution in [0.2, 0.25) is 0 Å². The standard InChI is InChI=1S/C21H22N2O3/c1-12-2-3-15(21(25)26-19-11-18(19)22)10-17(12)13-4-6-14(7-5-13)20(24)23-16-8-9-16/h2-7,10,16,18-19H,8-9,11,22H2,1H3,(H,23,24). The summed E-state index contributed by atoms with van der Waals surface area (Å²) in [5.74, 6) is -0.376. The van der Waals surface area contributed by atoms with Gasteiger partial charge in [0.2, 0.25) is 0 Å². The lowest BCUT2D eigenvalue weighted by atomic mass is 9.97. The lowest BCUT2D eigenvalue weighted by molar-refractivity contribution is 0.0465. The van der Waals surface area contributed by atoms with Crippen molar-refractivity contribution in [3.63, 3.8) is 0 Å². The molecule has 2 unspecified atom stereocenters. The maximum absolute atomic E-state index is 12.3. The Labute approximate surface area is 152 Å². The van der Waals surface area contributed by atoms with E-state index in [1.54, 1.807) is 6.07 Å². The number of esters is 1. The van der Waals surface area contributed by atoms with Crippen LogP contribution >= 0.6 is 0 Å². The first-order chi connectivity index (χ1) is 12.5. The molecule has 2 aromatic carbocycles. The smallest absolute Gasteiger partial charge is 0.338 e. The predicted molar refractivity (Wildman–Crippen MR) is 98.9 cm³/mol. The average molecular weight is 350 g/mol. The molecule has 0 heterocycles. The van der Waals surface area contributed by atoms with Gasteiger partial charge in [-0.05, 0) is 60.7 Å². The molecule has 0 saturated heterocycles. The highest BCUT2D eigenvalue weighted by Gasteiger charge is 2.37. The van der Waals surface area contributed by atoms with E-state index in [0.717, 1.165) is 36.0 Å². The molecular weight excluding hydrogens is 328 g/mol. The summed E-state index contributed by atoms with van der Waals surface area (Å²) in [7, 11) is 0. The van der Waals surface area contributed by atoms with Gasteiger partial charge in [0.25, 0.3) is 5.91 Å². The maximum Gasteiger partial charge on any atom is 0.338 e. The molecule has 1 amide bonds. The molecule has 3 N–H and O–H groups in total. The molecule has 2 aliphatic rings. The topological polar surface area (TPSA) is 81.4 Å². The fraction of sp³-hybridized carbons (Fsp3) is 0.333. The summed E-state index contributed by atoms with van der Waals surface area (Å²) in [5.41, 5.74) is 9.83. The molecular formula is C21H22N2O3. The number of hydrogen-bond donors (Lipinski definition) is 2. The molecule has 2 fully saturated rings. The van der Waals surface area contributed by atoms with Crippen molar-refractivity contribution in [2.45, 2.75) is 44.4 Å². The number of carbonyl (C=O) groups is 2. The summed E-state index contributed by atoms with van der Waals surface area (Å²) < 4.78 is 5.37. The zero-order valence-corrected chi connectivity index (χ0v) is 14.7. The highest BCUT2D eigenvalue weighted by Crippen LogP contribution is 2.28. The Morgan fingerprint density at radius 1 is 1.08 bits per heavy atom. The monoisotopic (exact) mass is 350 g/mol. The van der Waals surface area contributed by atoms with Crippen LogP contribution in [-0.4, -0.2) is 30.1 Å². The number of nitrogens with two attached hydrogens (primary N) is 1. The van der Waals surface area contributed by atoms with Crippen molar-refractivity contribution < 1.29 is 14.3 Å². The van der Waals surface area contributed by atoms with Gasteiger partial charge in [0.05, 0.1) is 5.56 Å². The second-order valence-corrected chi connectivity index (χ2v) is 7.20. The van der Waals surface area contributed by atoms with Crippen LogP contribution in [0.1, 0.15) is 45.5 Å². The Hall–Kier alpha value is -2.66. The molecule has 26 heavy (non-hydrogen) atoms. The highest BCUT2D eigenvalue weighted by atomic mass is 16.5. The van der Waals surface area contributed by atoms with Gasteiger partial charge >= 0.3 is 5.97 Å². The minimum absolute atomic E-state index is 0.0294. The van der Waals surface area contributed by atoms with Crippen molar-refractivity contribution in [2.24, 2.45) is 5.73 Å². The van der Waals surface area contributed by atoms with E-state index in [4.69, 9.17) is 10.5 Å². The van der Waals surface area contributed by atoms with E-state index in [2.05, 4.69) is 5.32 Å². The van der Waals surface area contributed by atoms with Crippen LogP contribution in [0.25, 0.3) is 11.1 Å². The minimum atomic E-state index is -0.343. The minimum Gasteiger partial charge on any atom is -0.457 e. The Morgan fingerprint density at radius 3 is 2.35 bits per heavy atom. The van der Waals surface area contributed by atoms with Crippen molar-refractivity contribution in [1.29, 1.82) is 0 Å². The Bertz CT molecular complexity index is 856. The van der Waals surface area contributed by atoms with Crippen molar-refractivity contribution >= 4 is 11.9 Å². The summed E-state index contributed by atoms with van der Waals surface area (Å²) in [4.78, 5) is 24.4. The number of carbonyl (C=O) groups excluding carboxylic acids is 2. The third-order valence-electron chi connectivity index (χ3n) is 4.88. The normalized spacial score (nSPS) is 21.2. The van der Waals surface area contributed by atoms with Gasteiger partial charge in [0.1, 0.15) is 6.10 Å². The van der Waals surface area contributed by atoms with Crippen LogP contribution < -0.4 is 11.1 Å². The van der Waals surface area contributed by atoms with E-state index in [1.165, 1.54) is 0 Å². The van der Waals surface area contributed by atoms with Crippen LogP contribution in [0.15, 0.2) is 42.5 Å². The number of nitrogens with one attached hydrogen (secondary N) is 1. The van der Waals surface area contributed by atoms with E-state index in [0.29, 0.717) is 17.2 Å². The van der Waals surface area contributed by atoms with Crippen LogP contribution in [0.3, 0.4) is 0 Å². The first kappa shape index (κ1) is 16.8. The molecule has 0 spiro atoms. The van der Waals surface area contributed by atoms with E-state index < -0.39 is 0 Å². The maximum atomic E-state index is 12.3. The summed E-state index contributed by atoms with van der Waals surface area (Å²) >= 11 is 0. The fourth-order valence-corrected chi connectivity index (χ4v) is 2.89. The van der Waals surface area contributed by atoms with Gasteiger partial charge in [-0.15, -0.1) is 0 Å². The largest absolute Gasteiger partial charge is 0.457 e. The zero-order chi connectivity index (χ0) is 18.3. The first-order valence-electron chi connectivity index (χ1n) is 9.00. The number of aryl methyl sites for hydroxylation is 1. The second kappa shape index (κ2) is 6.57. The van der Waals surface area contributed by atoms with Gasteiger partial charge in [-0.3, -0.25) is 4.79 Å². The number of ether oxygens (including phenoxy) is 1. The molecule has 2 atom stereocenters. The second-order valence-electron chi connectivity index (χ2n) is 7.20. The van der Waals surface area contributed by atoms with Gasteiger partial charge in [-0.25, -0.2) is 4.79 Å². The van der Waals surface area contributed by atoms with Crippen molar-refractivity contribution in [1.82, 2.24) is 5.32 Å². The fourth-order valence-electron chi connectivity index (χ4n) is 2.89. The number of hydrogen-bond acceptors (Lipinski definition) is 4. The van der Waals surface area contributed by atoms with Crippen molar-refractivity contribution in [3.05, 3.63) is 59.2 Å². The summed E-state index contributed by atoms with van der Waals surface area (Å²) in [6.07, 6.45) is 2.71. The summed E-state index contributed by atoms with van der Waals surface area (Å²) in [6, 6.07) is 13.3. The molecule has 2 aliphatic carbocycles. The van der Waals surface area contributed by atoms with Gasteiger partial charge in [0.15, 0.2) is 0 Å². The number of amides is 1.